The van der Waals surface area contributed by atoms with Crippen LogP contribution in [-0.4, -0.2) is 46.5 Å². The molecule has 1 aliphatic carbocycles. The minimum Gasteiger partial charge on any atom is -0.309 e. The van der Waals surface area contributed by atoms with E-state index >= 15 is 0 Å². The Balaban J connectivity index is 1.89. The highest BCUT2D eigenvalue weighted by Gasteiger charge is 2.38. The molecule has 2 aromatic heterocycles. The molecule has 1 atom stereocenters. The van der Waals surface area contributed by atoms with Gasteiger partial charge in [-0.1, -0.05) is 30.3 Å². The molecule has 5 rings (SSSR count). The summed E-state index contributed by atoms with van der Waals surface area (Å²) in [6.45, 7) is 0.688. The van der Waals surface area contributed by atoms with Crippen molar-refractivity contribution >= 4 is 38.8 Å². The van der Waals surface area contributed by atoms with Gasteiger partial charge in [0.15, 0.2) is 11.6 Å². The zero-order valence-electron chi connectivity index (χ0n) is 15.3. The van der Waals surface area contributed by atoms with Crippen molar-refractivity contribution < 1.29 is 9.59 Å². The second-order valence-electron chi connectivity index (χ2n) is 7.45. The third kappa shape index (κ3) is 2.18. The maximum Gasteiger partial charge on any atom is 0.177 e. The summed E-state index contributed by atoms with van der Waals surface area (Å²) in [4.78, 5) is 32.8. The quantitative estimate of drug-likeness (QED) is 0.526. The molecule has 1 unspecified atom stereocenters. The lowest BCUT2D eigenvalue weighted by atomic mass is 9.81. The van der Waals surface area contributed by atoms with Gasteiger partial charge < -0.3 is 4.90 Å². The first-order chi connectivity index (χ1) is 13.1. The molecule has 0 radical (unpaired) electrons. The van der Waals surface area contributed by atoms with E-state index in [9.17, 15) is 9.59 Å². The molecule has 0 bridgehead atoms. The first-order valence-electron chi connectivity index (χ1n) is 9.10. The van der Waals surface area contributed by atoms with Crippen molar-refractivity contribution in [1.82, 2.24) is 14.3 Å². The standard InChI is InChI=1S/C22H19N3O2/c1-24(2)10-9-15-21(26)16-11-23-12-25-17-8-7-13-5-3-4-6-14(13)18(17)19(20(16)25)22(15)27/h3-8,11-12,15H,9-10H2,1-2H3. The highest BCUT2D eigenvalue weighted by atomic mass is 16.2. The van der Waals surface area contributed by atoms with E-state index in [2.05, 4.69) is 4.98 Å². The smallest absolute Gasteiger partial charge is 0.177 e. The number of carbonyl (C=O) groups excluding carboxylic acids is 2. The van der Waals surface area contributed by atoms with E-state index < -0.39 is 5.92 Å². The summed E-state index contributed by atoms with van der Waals surface area (Å²) in [6, 6.07) is 12.1. The second kappa shape index (κ2) is 5.72. The van der Waals surface area contributed by atoms with Crippen LogP contribution < -0.4 is 0 Å². The van der Waals surface area contributed by atoms with Crippen molar-refractivity contribution in [3.05, 3.63) is 60.0 Å². The summed E-state index contributed by atoms with van der Waals surface area (Å²) in [5.41, 5.74) is 2.84. The summed E-state index contributed by atoms with van der Waals surface area (Å²) < 4.78 is 1.89. The van der Waals surface area contributed by atoms with E-state index in [0.29, 0.717) is 29.6 Å². The van der Waals surface area contributed by atoms with Gasteiger partial charge in [-0.3, -0.25) is 14.0 Å². The molecule has 0 saturated heterocycles. The molecule has 5 nitrogen and oxygen atoms in total. The number of nitrogens with zero attached hydrogens (tertiary/aromatic N) is 3. The first kappa shape index (κ1) is 16.1. The number of rotatable bonds is 3. The molecule has 134 valence electrons. The fourth-order valence-electron chi connectivity index (χ4n) is 4.25. The van der Waals surface area contributed by atoms with Crippen LogP contribution in [0.15, 0.2) is 48.9 Å². The highest BCUT2D eigenvalue weighted by Crippen LogP contribution is 2.39. The molecule has 5 heteroatoms. The zero-order valence-corrected chi connectivity index (χ0v) is 15.3. The molecular weight excluding hydrogens is 338 g/mol. The van der Waals surface area contributed by atoms with Crippen LogP contribution in [0.5, 0.6) is 0 Å². The molecule has 0 saturated carbocycles. The molecule has 27 heavy (non-hydrogen) atoms. The van der Waals surface area contributed by atoms with Gasteiger partial charge in [0.25, 0.3) is 0 Å². The molecular formula is C22H19N3O2. The van der Waals surface area contributed by atoms with Crippen molar-refractivity contribution in [2.75, 3.05) is 20.6 Å². The average Bonchev–Trinajstić information content (AvgIpc) is 3.02. The molecule has 0 aliphatic heterocycles. The van der Waals surface area contributed by atoms with E-state index in [1.807, 2.05) is 59.8 Å². The van der Waals surface area contributed by atoms with Crippen molar-refractivity contribution in [2.24, 2.45) is 5.92 Å². The minimum absolute atomic E-state index is 0.0654. The van der Waals surface area contributed by atoms with Crippen LogP contribution >= 0.6 is 0 Å². The predicted molar refractivity (Wildman–Crippen MR) is 106 cm³/mol. The Kier molecular flexibility index (Phi) is 3.42. The van der Waals surface area contributed by atoms with Gasteiger partial charge >= 0.3 is 0 Å². The molecule has 4 aromatic rings. The van der Waals surface area contributed by atoms with E-state index in [1.54, 1.807) is 12.5 Å². The highest BCUT2D eigenvalue weighted by molar-refractivity contribution is 6.33. The Morgan fingerprint density at radius 2 is 1.89 bits per heavy atom. The Morgan fingerprint density at radius 3 is 2.70 bits per heavy atom. The molecule has 0 N–H and O–H groups in total. The van der Waals surface area contributed by atoms with Crippen molar-refractivity contribution in [3.8, 4) is 0 Å². The Morgan fingerprint density at radius 1 is 1.07 bits per heavy atom. The van der Waals surface area contributed by atoms with Gasteiger partial charge in [0.2, 0.25) is 0 Å². The number of Topliss-reactive ketones (excluding diaryl/α,β-unsaturated/α-hetero) is 2. The normalized spacial score (nSPS) is 16.9. The largest absolute Gasteiger partial charge is 0.309 e. The Bertz CT molecular complexity index is 1250. The summed E-state index contributed by atoms with van der Waals surface area (Å²) in [5, 5.41) is 3.05. The number of aromatic nitrogens is 2. The van der Waals surface area contributed by atoms with Gasteiger partial charge in [-0.25, -0.2) is 4.98 Å². The van der Waals surface area contributed by atoms with Crippen LogP contribution in [0, 0.1) is 5.92 Å². The fraction of sp³-hybridized carbons (Fsp3) is 0.227. The van der Waals surface area contributed by atoms with Crippen molar-refractivity contribution in [1.29, 1.82) is 0 Å². The first-order valence-corrected chi connectivity index (χ1v) is 9.10. The summed E-state index contributed by atoms with van der Waals surface area (Å²) in [6.07, 6.45) is 3.82. The SMILES string of the molecule is CN(C)CCC1C(=O)c2cncn3c2c(c2c4ccccc4ccc23)C1=O. The fourth-order valence-corrected chi connectivity index (χ4v) is 4.25. The Hall–Kier alpha value is -3.05. The minimum atomic E-state index is -0.641. The maximum atomic E-state index is 13.5. The number of benzene rings is 2. The summed E-state index contributed by atoms with van der Waals surface area (Å²) in [7, 11) is 3.90. The Labute approximate surface area is 156 Å². The van der Waals surface area contributed by atoms with Gasteiger partial charge in [-0.05, 0) is 43.9 Å². The van der Waals surface area contributed by atoms with E-state index in [1.165, 1.54) is 0 Å². The van der Waals surface area contributed by atoms with Crippen LogP contribution in [0.3, 0.4) is 0 Å². The second-order valence-corrected chi connectivity index (χ2v) is 7.45. The molecule has 2 aromatic carbocycles. The summed E-state index contributed by atoms with van der Waals surface area (Å²) in [5.74, 6) is -0.818. The van der Waals surface area contributed by atoms with E-state index in [-0.39, 0.29) is 11.6 Å². The van der Waals surface area contributed by atoms with Gasteiger partial charge in [-0.2, -0.15) is 0 Å². The summed E-state index contributed by atoms with van der Waals surface area (Å²) >= 11 is 0. The number of fused-ring (bicyclic) bond motifs is 5. The van der Waals surface area contributed by atoms with E-state index in [4.69, 9.17) is 0 Å². The lowest BCUT2D eigenvalue weighted by Crippen LogP contribution is -2.32. The van der Waals surface area contributed by atoms with Crippen LogP contribution in [-0.2, 0) is 0 Å². The lowest BCUT2D eigenvalue weighted by Gasteiger charge is -2.22. The topological polar surface area (TPSA) is 54.7 Å². The van der Waals surface area contributed by atoms with E-state index in [0.717, 1.165) is 21.7 Å². The van der Waals surface area contributed by atoms with Gasteiger partial charge in [0.1, 0.15) is 0 Å². The van der Waals surface area contributed by atoms with Crippen LogP contribution in [0.2, 0.25) is 0 Å². The maximum absolute atomic E-state index is 13.5. The number of carbonyl (C=O) groups is 2. The average molecular weight is 357 g/mol. The van der Waals surface area contributed by atoms with Crippen LogP contribution in [0.25, 0.3) is 27.2 Å². The molecule has 2 heterocycles. The number of ketones is 2. The van der Waals surface area contributed by atoms with Crippen LogP contribution in [0.1, 0.15) is 27.1 Å². The van der Waals surface area contributed by atoms with Crippen LogP contribution in [0.4, 0.5) is 0 Å². The third-order valence-corrected chi connectivity index (χ3v) is 5.54. The zero-order chi connectivity index (χ0) is 18.7. The van der Waals surface area contributed by atoms with Crippen molar-refractivity contribution in [2.45, 2.75) is 6.42 Å². The van der Waals surface area contributed by atoms with Gasteiger partial charge in [0.05, 0.1) is 34.4 Å². The third-order valence-electron chi connectivity index (χ3n) is 5.54. The molecule has 0 spiro atoms. The number of hydrogen-bond donors (Lipinski definition) is 0. The monoisotopic (exact) mass is 357 g/mol. The predicted octanol–water partition coefficient (Wildman–Crippen LogP) is 3.59. The molecule has 0 amide bonds. The lowest BCUT2D eigenvalue weighted by molar-refractivity contribution is 0.0788. The molecule has 0 fully saturated rings. The number of hydrogen-bond acceptors (Lipinski definition) is 4. The van der Waals surface area contributed by atoms with Gasteiger partial charge in [0, 0.05) is 11.6 Å². The van der Waals surface area contributed by atoms with Crippen molar-refractivity contribution in [3.63, 3.8) is 0 Å². The van der Waals surface area contributed by atoms with Gasteiger partial charge in [-0.15, -0.1) is 0 Å². The molecule has 1 aliphatic rings.